The molecular weight excluding hydrogens is 350 g/mol. The SMILES string of the molecule is O=C(Nc1cc(Br)ccn1)c1cccc(Br)n1. The lowest BCUT2D eigenvalue weighted by Gasteiger charge is -2.04. The van der Waals surface area contributed by atoms with E-state index in [4.69, 9.17) is 0 Å². The third-order valence-corrected chi connectivity index (χ3v) is 2.85. The van der Waals surface area contributed by atoms with E-state index in [1.54, 1.807) is 36.5 Å². The van der Waals surface area contributed by atoms with Crippen molar-refractivity contribution in [2.75, 3.05) is 5.32 Å². The van der Waals surface area contributed by atoms with Gasteiger partial charge in [0.1, 0.15) is 16.1 Å². The molecule has 0 unspecified atom stereocenters. The molecule has 0 spiro atoms. The van der Waals surface area contributed by atoms with Gasteiger partial charge >= 0.3 is 0 Å². The topological polar surface area (TPSA) is 54.9 Å². The zero-order valence-electron chi connectivity index (χ0n) is 8.52. The van der Waals surface area contributed by atoms with Crippen LogP contribution in [0, 0.1) is 0 Å². The van der Waals surface area contributed by atoms with Gasteiger partial charge in [0.25, 0.3) is 5.91 Å². The summed E-state index contributed by atoms with van der Waals surface area (Å²) in [6.07, 6.45) is 1.61. The van der Waals surface area contributed by atoms with Gasteiger partial charge in [-0.15, -0.1) is 0 Å². The highest BCUT2D eigenvalue weighted by molar-refractivity contribution is 9.10. The van der Waals surface area contributed by atoms with Gasteiger partial charge in [-0.3, -0.25) is 4.79 Å². The van der Waals surface area contributed by atoms with Crippen LogP contribution in [0.5, 0.6) is 0 Å². The first-order chi connectivity index (χ1) is 8.15. The summed E-state index contributed by atoms with van der Waals surface area (Å²) in [6, 6.07) is 8.65. The van der Waals surface area contributed by atoms with Gasteiger partial charge in [-0.2, -0.15) is 0 Å². The summed E-state index contributed by atoms with van der Waals surface area (Å²) < 4.78 is 1.47. The third kappa shape index (κ3) is 3.34. The number of carbonyl (C=O) groups excluding carboxylic acids is 1. The molecule has 0 bridgehead atoms. The van der Waals surface area contributed by atoms with Crippen molar-refractivity contribution in [2.45, 2.75) is 0 Å². The number of amides is 1. The summed E-state index contributed by atoms with van der Waals surface area (Å²) in [5.41, 5.74) is 0.334. The molecule has 0 radical (unpaired) electrons. The van der Waals surface area contributed by atoms with Crippen LogP contribution in [-0.4, -0.2) is 15.9 Å². The van der Waals surface area contributed by atoms with Crippen LogP contribution in [0.1, 0.15) is 10.5 Å². The number of halogens is 2. The van der Waals surface area contributed by atoms with E-state index in [1.165, 1.54) is 0 Å². The summed E-state index contributed by atoms with van der Waals surface area (Å²) >= 11 is 6.52. The van der Waals surface area contributed by atoms with Crippen LogP contribution in [0.25, 0.3) is 0 Å². The molecule has 6 heteroatoms. The minimum absolute atomic E-state index is 0.295. The molecule has 0 saturated carbocycles. The van der Waals surface area contributed by atoms with Gasteiger partial charge in [0.2, 0.25) is 0 Å². The van der Waals surface area contributed by atoms with Crippen molar-refractivity contribution in [1.82, 2.24) is 9.97 Å². The largest absolute Gasteiger partial charge is 0.305 e. The third-order valence-electron chi connectivity index (χ3n) is 1.91. The molecular formula is C11H7Br2N3O. The van der Waals surface area contributed by atoms with Crippen molar-refractivity contribution in [2.24, 2.45) is 0 Å². The van der Waals surface area contributed by atoms with E-state index in [1.807, 2.05) is 0 Å². The van der Waals surface area contributed by atoms with Gasteiger partial charge in [-0.1, -0.05) is 22.0 Å². The molecule has 0 aliphatic heterocycles. The zero-order valence-corrected chi connectivity index (χ0v) is 11.7. The molecule has 0 atom stereocenters. The van der Waals surface area contributed by atoms with Gasteiger partial charge in [0.15, 0.2) is 0 Å². The molecule has 0 aliphatic rings. The van der Waals surface area contributed by atoms with Crippen LogP contribution in [0.4, 0.5) is 5.82 Å². The summed E-state index contributed by atoms with van der Waals surface area (Å²) in [5.74, 6) is 0.183. The number of carbonyl (C=O) groups is 1. The molecule has 2 aromatic heterocycles. The van der Waals surface area contributed by atoms with Crippen LogP contribution in [-0.2, 0) is 0 Å². The molecule has 2 aromatic rings. The Labute approximate surface area is 115 Å². The Hall–Kier alpha value is -1.27. The summed E-state index contributed by atoms with van der Waals surface area (Å²) in [7, 11) is 0. The minimum atomic E-state index is -0.295. The van der Waals surface area contributed by atoms with Crippen molar-refractivity contribution in [3.63, 3.8) is 0 Å². The van der Waals surface area contributed by atoms with Crippen molar-refractivity contribution in [3.05, 3.63) is 51.3 Å². The van der Waals surface area contributed by atoms with Crippen molar-refractivity contribution in [3.8, 4) is 0 Å². The molecule has 1 N–H and O–H groups in total. The standard InChI is InChI=1S/C11H7Br2N3O/c12-7-4-5-14-10(6-7)16-11(17)8-2-1-3-9(13)15-8/h1-6H,(H,14,16,17). The van der Waals surface area contributed by atoms with E-state index in [-0.39, 0.29) is 5.91 Å². The molecule has 17 heavy (non-hydrogen) atoms. The van der Waals surface area contributed by atoms with E-state index in [2.05, 4.69) is 47.1 Å². The van der Waals surface area contributed by atoms with E-state index in [9.17, 15) is 4.79 Å². The van der Waals surface area contributed by atoms with Crippen LogP contribution >= 0.6 is 31.9 Å². The average molecular weight is 357 g/mol. The highest BCUT2D eigenvalue weighted by Gasteiger charge is 2.08. The second-order valence-corrected chi connectivity index (χ2v) is 4.89. The first-order valence-corrected chi connectivity index (χ1v) is 6.29. The van der Waals surface area contributed by atoms with E-state index in [0.717, 1.165) is 4.47 Å². The quantitative estimate of drug-likeness (QED) is 0.840. The van der Waals surface area contributed by atoms with Crippen molar-refractivity contribution in [1.29, 1.82) is 0 Å². The molecule has 1 amide bonds. The fraction of sp³-hybridized carbons (Fsp3) is 0. The van der Waals surface area contributed by atoms with Gasteiger partial charge < -0.3 is 5.32 Å². The van der Waals surface area contributed by atoms with Crippen molar-refractivity contribution >= 4 is 43.6 Å². The van der Waals surface area contributed by atoms with Crippen LogP contribution in [0.2, 0.25) is 0 Å². The Bertz CT molecular complexity index is 560. The Morgan fingerprint density at radius 2 is 2.06 bits per heavy atom. The predicted molar refractivity (Wildman–Crippen MR) is 71.8 cm³/mol. The lowest BCUT2D eigenvalue weighted by Crippen LogP contribution is -2.14. The maximum atomic E-state index is 11.8. The van der Waals surface area contributed by atoms with Gasteiger partial charge in [-0.25, -0.2) is 9.97 Å². The number of pyridine rings is 2. The maximum Gasteiger partial charge on any atom is 0.275 e. The Balaban J connectivity index is 2.17. The van der Waals surface area contributed by atoms with Gasteiger partial charge in [-0.05, 0) is 40.2 Å². The number of anilines is 1. The van der Waals surface area contributed by atoms with E-state index in [0.29, 0.717) is 16.1 Å². The molecule has 86 valence electrons. The number of aromatic nitrogens is 2. The predicted octanol–water partition coefficient (Wildman–Crippen LogP) is 3.25. The number of nitrogens with one attached hydrogen (secondary N) is 1. The Morgan fingerprint density at radius 3 is 2.76 bits per heavy atom. The average Bonchev–Trinajstić information content (AvgIpc) is 2.29. The minimum Gasteiger partial charge on any atom is -0.305 e. The molecule has 4 nitrogen and oxygen atoms in total. The zero-order chi connectivity index (χ0) is 12.3. The Kier molecular flexibility index (Phi) is 3.86. The lowest BCUT2D eigenvalue weighted by atomic mass is 10.3. The summed E-state index contributed by atoms with van der Waals surface area (Å²) in [5, 5.41) is 2.66. The maximum absolute atomic E-state index is 11.8. The van der Waals surface area contributed by atoms with Gasteiger partial charge in [0.05, 0.1) is 0 Å². The molecule has 0 aliphatic carbocycles. The fourth-order valence-corrected chi connectivity index (χ4v) is 1.87. The Morgan fingerprint density at radius 1 is 1.24 bits per heavy atom. The number of hydrogen-bond acceptors (Lipinski definition) is 3. The second-order valence-electron chi connectivity index (χ2n) is 3.16. The summed E-state index contributed by atoms with van der Waals surface area (Å²) in [6.45, 7) is 0. The smallest absolute Gasteiger partial charge is 0.275 e. The molecule has 0 saturated heterocycles. The lowest BCUT2D eigenvalue weighted by molar-refractivity contribution is 0.102. The molecule has 2 rings (SSSR count). The van der Waals surface area contributed by atoms with Crippen LogP contribution in [0.15, 0.2) is 45.6 Å². The normalized spacial score (nSPS) is 10.0. The fourth-order valence-electron chi connectivity index (χ4n) is 1.19. The molecule has 0 fully saturated rings. The van der Waals surface area contributed by atoms with E-state index >= 15 is 0 Å². The molecule has 2 heterocycles. The monoisotopic (exact) mass is 355 g/mol. The van der Waals surface area contributed by atoms with Gasteiger partial charge in [0, 0.05) is 10.7 Å². The van der Waals surface area contributed by atoms with E-state index < -0.39 is 0 Å². The first-order valence-electron chi connectivity index (χ1n) is 4.70. The molecule has 0 aromatic carbocycles. The number of rotatable bonds is 2. The van der Waals surface area contributed by atoms with Crippen LogP contribution < -0.4 is 5.32 Å². The van der Waals surface area contributed by atoms with Crippen molar-refractivity contribution < 1.29 is 4.79 Å². The first kappa shape index (κ1) is 12.2. The number of hydrogen-bond donors (Lipinski definition) is 1. The summed E-state index contributed by atoms with van der Waals surface area (Å²) in [4.78, 5) is 19.9. The second kappa shape index (κ2) is 5.37. The highest BCUT2D eigenvalue weighted by Crippen LogP contribution is 2.14. The van der Waals surface area contributed by atoms with Crippen LogP contribution in [0.3, 0.4) is 0 Å². The highest BCUT2D eigenvalue weighted by atomic mass is 79.9. The number of nitrogens with zero attached hydrogens (tertiary/aromatic N) is 2.